The largest absolute Gasteiger partial charge is 0.334 e. The highest BCUT2D eigenvalue weighted by atomic mass is 35.5. The van der Waals surface area contributed by atoms with Gasteiger partial charge in [0.1, 0.15) is 0 Å². The fourth-order valence-electron chi connectivity index (χ4n) is 1.82. The van der Waals surface area contributed by atoms with Crippen LogP contribution in [0.4, 0.5) is 0 Å². The molecule has 0 radical (unpaired) electrons. The molecule has 2 aromatic heterocycles. The second kappa shape index (κ2) is 5.40. The van der Waals surface area contributed by atoms with Crippen molar-refractivity contribution in [2.75, 3.05) is 0 Å². The quantitative estimate of drug-likeness (QED) is 0.801. The SMILES string of the molecule is NCc1cc(-c2nc(-c3ccccc3Cl)no2)ccn1. The molecule has 0 saturated heterocycles. The molecule has 2 N–H and O–H groups in total. The number of benzene rings is 1. The third-order valence-corrected chi connectivity index (χ3v) is 3.14. The Hall–Kier alpha value is -2.24. The molecular formula is C14H11ClN4O. The van der Waals surface area contributed by atoms with Crippen LogP contribution in [0, 0.1) is 0 Å². The Kier molecular flexibility index (Phi) is 3.45. The van der Waals surface area contributed by atoms with E-state index in [1.54, 1.807) is 18.3 Å². The van der Waals surface area contributed by atoms with Gasteiger partial charge in [0.05, 0.1) is 10.7 Å². The molecule has 0 atom stereocenters. The Bertz CT molecular complexity index is 741. The van der Waals surface area contributed by atoms with Crippen molar-refractivity contribution >= 4 is 11.6 Å². The van der Waals surface area contributed by atoms with Gasteiger partial charge in [0.15, 0.2) is 0 Å². The van der Waals surface area contributed by atoms with Crippen LogP contribution in [-0.4, -0.2) is 15.1 Å². The molecule has 1 aromatic carbocycles. The molecule has 0 fully saturated rings. The summed E-state index contributed by atoms with van der Waals surface area (Å²) in [5.74, 6) is 0.869. The van der Waals surface area contributed by atoms with Crippen LogP contribution in [0.2, 0.25) is 5.02 Å². The molecule has 5 nitrogen and oxygen atoms in total. The standard InChI is InChI=1S/C14H11ClN4O/c15-12-4-2-1-3-11(12)13-18-14(20-19-13)9-5-6-17-10(7-9)8-16/h1-7H,8,16H2. The van der Waals surface area contributed by atoms with Gasteiger partial charge in [-0.15, -0.1) is 0 Å². The molecule has 0 saturated carbocycles. The fraction of sp³-hybridized carbons (Fsp3) is 0.0714. The molecule has 0 unspecified atom stereocenters. The average Bonchev–Trinajstić information content (AvgIpc) is 2.97. The van der Waals surface area contributed by atoms with Gasteiger partial charge < -0.3 is 10.3 Å². The molecule has 20 heavy (non-hydrogen) atoms. The lowest BCUT2D eigenvalue weighted by molar-refractivity contribution is 0.432. The van der Waals surface area contributed by atoms with Crippen molar-refractivity contribution in [2.24, 2.45) is 5.73 Å². The second-order valence-corrected chi connectivity index (χ2v) is 4.55. The maximum atomic E-state index is 6.11. The van der Waals surface area contributed by atoms with E-state index in [4.69, 9.17) is 21.9 Å². The van der Waals surface area contributed by atoms with Gasteiger partial charge in [-0.1, -0.05) is 28.9 Å². The smallest absolute Gasteiger partial charge is 0.258 e. The van der Waals surface area contributed by atoms with E-state index in [1.807, 2.05) is 24.3 Å². The van der Waals surface area contributed by atoms with Crippen molar-refractivity contribution in [2.45, 2.75) is 6.54 Å². The van der Waals surface area contributed by atoms with Gasteiger partial charge in [0.2, 0.25) is 5.82 Å². The van der Waals surface area contributed by atoms with E-state index in [1.165, 1.54) is 0 Å². The minimum atomic E-state index is 0.360. The number of pyridine rings is 1. The monoisotopic (exact) mass is 286 g/mol. The Morgan fingerprint density at radius 3 is 2.85 bits per heavy atom. The summed E-state index contributed by atoms with van der Waals surface area (Å²) in [5.41, 5.74) is 7.85. The van der Waals surface area contributed by atoms with E-state index >= 15 is 0 Å². The highest BCUT2D eigenvalue weighted by Crippen LogP contribution is 2.27. The van der Waals surface area contributed by atoms with Crippen molar-refractivity contribution in [3.8, 4) is 22.8 Å². The molecular weight excluding hydrogens is 276 g/mol. The van der Waals surface area contributed by atoms with Crippen LogP contribution in [0.25, 0.3) is 22.8 Å². The molecule has 2 heterocycles. The van der Waals surface area contributed by atoms with Crippen LogP contribution in [0.3, 0.4) is 0 Å². The molecule has 0 spiro atoms. The number of hydrogen-bond donors (Lipinski definition) is 1. The van der Waals surface area contributed by atoms with Crippen LogP contribution >= 0.6 is 11.6 Å². The molecule has 3 aromatic rings. The Balaban J connectivity index is 2.00. The van der Waals surface area contributed by atoms with E-state index < -0.39 is 0 Å². The first-order valence-electron chi connectivity index (χ1n) is 6.02. The summed E-state index contributed by atoms with van der Waals surface area (Å²) < 4.78 is 5.27. The van der Waals surface area contributed by atoms with Crippen molar-refractivity contribution < 1.29 is 4.52 Å². The Labute approximate surface area is 120 Å². The Morgan fingerprint density at radius 2 is 2.05 bits per heavy atom. The number of halogens is 1. The number of nitrogens with two attached hydrogens (primary N) is 1. The van der Waals surface area contributed by atoms with Crippen LogP contribution in [0.5, 0.6) is 0 Å². The van der Waals surface area contributed by atoms with Gasteiger partial charge >= 0.3 is 0 Å². The number of nitrogens with zero attached hydrogens (tertiary/aromatic N) is 3. The highest BCUT2D eigenvalue weighted by molar-refractivity contribution is 6.33. The summed E-state index contributed by atoms with van der Waals surface area (Å²) in [4.78, 5) is 8.48. The van der Waals surface area contributed by atoms with Crippen LogP contribution in [0.1, 0.15) is 5.69 Å². The van der Waals surface area contributed by atoms with E-state index in [0.717, 1.165) is 16.8 Å². The number of hydrogen-bond acceptors (Lipinski definition) is 5. The van der Waals surface area contributed by atoms with Gasteiger partial charge in [0, 0.05) is 23.9 Å². The molecule has 0 amide bonds. The Morgan fingerprint density at radius 1 is 1.20 bits per heavy atom. The van der Waals surface area contributed by atoms with E-state index in [9.17, 15) is 0 Å². The molecule has 0 bridgehead atoms. The number of rotatable bonds is 3. The lowest BCUT2D eigenvalue weighted by atomic mass is 10.2. The van der Waals surface area contributed by atoms with Crippen molar-refractivity contribution in [3.05, 3.63) is 53.3 Å². The van der Waals surface area contributed by atoms with Crippen LogP contribution < -0.4 is 5.73 Å². The lowest BCUT2D eigenvalue weighted by Gasteiger charge is -1.98. The summed E-state index contributed by atoms with van der Waals surface area (Å²) in [6.07, 6.45) is 1.66. The van der Waals surface area contributed by atoms with Gasteiger partial charge in [-0.05, 0) is 24.3 Å². The summed E-state index contributed by atoms with van der Waals surface area (Å²) in [5, 5.41) is 4.54. The third kappa shape index (κ3) is 2.41. The molecule has 0 aliphatic rings. The first-order valence-corrected chi connectivity index (χ1v) is 6.39. The summed E-state index contributed by atoms with van der Waals surface area (Å²) in [7, 11) is 0. The molecule has 100 valence electrons. The zero-order valence-electron chi connectivity index (χ0n) is 10.5. The van der Waals surface area contributed by atoms with Crippen LogP contribution in [0.15, 0.2) is 47.1 Å². The maximum Gasteiger partial charge on any atom is 0.258 e. The minimum absolute atomic E-state index is 0.360. The first kappa shape index (κ1) is 12.8. The predicted octanol–water partition coefficient (Wildman–Crippen LogP) is 2.91. The van der Waals surface area contributed by atoms with Gasteiger partial charge in [-0.2, -0.15) is 4.98 Å². The van der Waals surface area contributed by atoms with Crippen molar-refractivity contribution in [1.29, 1.82) is 0 Å². The zero-order chi connectivity index (χ0) is 13.9. The van der Waals surface area contributed by atoms with Gasteiger partial charge in [-0.25, -0.2) is 0 Å². The van der Waals surface area contributed by atoms with E-state index in [-0.39, 0.29) is 0 Å². The summed E-state index contributed by atoms with van der Waals surface area (Å²) in [6, 6.07) is 11.0. The normalized spacial score (nSPS) is 10.7. The molecule has 6 heteroatoms. The van der Waals surface area contributed by atoms with Gasteiger partial charge in [0.25, 0.3) is 5.89 Å². The van der Waals surface area contributed by atoms with E-state index in [2.05, 4.69) is 15.1 Å². The summed E-state index contributed by atoms with van der Waals surface area (Å²) >= 11 is 6.11. The zero-order valence-corrected chi connectivity index (χ0v) is 11.2. The predicted molar refractivity (Wildman–Crippen MR) is 75.9 cm³/mol. The number of aromatic nitrogens is 3. The summed E-state index contributed by atoms with van der Waals surface area (Å²) in [6.45, 7) is 0.360. The third-order valence-electron chi connectivity index (χ3n) is 2.81. The average molecular weight is 287 g/mol. The lowest BCUT2D eigenvalue weighted by Crippen LogP contribution is -1.98. The van der Waals surface area contributed by atoms with Crippen molar-refractivity contribution in [3.63, 3.8) is 0 Å². The molecule has 0 aliphatic carbocycles. The fourth-order valence-corrected chi connectivity index (χ4v) is 2.04. The topological polar surface area (TPSA) is 77.8 Å². The van der Waals surface area contributed by atoms with Gasteiger partial charge in [-0.3, -0.25) is 4.98 Å². The van der Waals surface area contributed by atoms with E-state index in [0.29, 0.717) is 23.3 Å². The van der Waals surface area contributed by atoms with Crippen molar-refractivity contribution in [1.82, 2.24) is 15.1 Å². The molecule has 0 aliphatic heterocycles. The minimum Gasteiger partial charge on any atom is -0.334 e. The second-order valence-electron chi connectivity index (χ2n) is 4.14. The maximum absolute atomic E-state index is 6.11. The van der Waals surface area contributed by atoms with Crippen LogP contribution in [-0.2, 0) is 6.54 Å². The first-order chi connectivity index (χ1) is 9.78. The highest BCUT2D eigenvalue weighted by Gasteiger charge is 2.13. The molecule has 3 rings (SSSR count).